The molecule has 126 valence electrons. The van der Waals surface area contributed by atoms with E-state index in [0.717, 1.165) is 31.4 Å². The van der Waals surface area contributed by atoms with E-state index in [1.165, 1.54) is 0 Å². The molecule has 6 heteroatoms. The van der Waals surface area contributed by atoms with Crippen molar-refractivity contribution in [2.75, 3.05) is 19.7 Å². The summed E-state index contributed by atoms with van der Waals surface area (Å²) >= 11 is 6.04. The molecule has 23 heavy (non-hydrogen) atoms. The molecule has 1 fully saturated rings. The maximum atomic E-state index is 12.3. The predicted molar refractivity (Wildman–Crippen MR) is 89.4 cm³/mol. The molecular weight excluding hydrogens is 316 g/mol. The van der Waals surface area contributed by atoms with Crippen molar-refractivity contribution in [2.24, 2.45) is 11.7 Å². The van der Waals surface area contributed by atoms with E-state index >= 15 is 0 Å². The molecule has 0 radical (unpaired) electrons. The van der Waals surface area contributed by atoms with Crippen LogP contribution in [0.2, 0.25) is 5.02 Å². The van der Waals surface area contributed by atoms with Gasteiger partial charge in [-0.25, -0.2) is 0 Å². The molecule has 1 heterocycles. The van der Waals surface area contributed by atoms with Gasteiger partial charge in [0.05, 0.1) is 0 Å². The smallest absolute Gasteiger partial charge is 0.260 e. The van der Waals surface area contributed by atoms with Crippen molar-refractivity contribution in [1.29, 1.82) is 0 Å². The molecule has 1 aromatic carbocycles. The van der Waals surface area contributed by atoms with Crippen LogP contribution in [0.4, 0.5) is 0 Å². The van der Waals surface area contributed by atoms with Crippen molar-refractivity contribution in [3.05, 3.63) is 28.8 Å². The minimum atomic E-state index is -0.284. The van der Waals surface area contributed by atoms with Gasteiger partial charge in [0.15, 0.2) is 6.61 Å². The fourth-order valence-electron chi connectivity index (χ4n) is 2.85. The summed E-state index contributed by atoms with van der Waals surface area (Å²) in [5.74, 6) is 0.655. The Morgan fingerprint density at radius 3 is 2.96 bits per heavy atom. The molecule has 2 amide bonds. The van der Waals surface area contributed by atoms with Crippen molar-refractivity contribution in [3.8, 4) is 5.75 Å². The Kier molecular flexibility index (Phi) is 6.28. The fourth-order valence-corrected chi connectivity index (χ4v) is 3.01. The Hall–Kier alpha value is -1.75. The Morgan fingerprint density at radius 2 is 2.22 bits per heavy atom. The van der Waals surface area contributed by atoms with Gasteiger partial charge in [0.2, 0.25) is 5.91 Å². The predicted octanol–water partition coefficient (Wildman–Crippen LogP) is 2.53. The Bertz CT molecular complexity index is 577. The van der Waals surface area contributed by atoms with Crippen LogP contribution < -0.4 is 10.5 Å². The second-order valence-electron chi connectivity index (χ2n) is 6.00. The van der Waals surface area contributed by atoms with Crippen LogP contribution in [0.25, 0.3) is 0 Å². The zero-order valence-electron chi connectivity index (χ0n) is 13.4. The molecule has 0 spiro atoms. The van der Waals surface area contributed by atoms with E-state index in [9.17, 15) is 9.59 Å². The standard InChI is InChI=1S/C17H23ClN2O3/c1-12-14(18)5-2-6-15(12)23-11-17(22)20-9-3-4-13(10-20)7-8-16(19)21/h2,5-6,13H,3-4,7-11H2,1H3,(H2,19,21)/t13-/m1/s1. The minimum absolute atomic E-state index is 0.00369. The topological polar surface area (TPSA) is 72.6 Å². The lowest BCUT2D eigenvalue weighted by Gasteiger charge is -2.32. The molecule has 0 bridgehead atoms. The summed E-state index contributed by atoms with van der Waals surface area (Å²) in [5.41, 5.74) is 6.03. The molecule has 1 atom stereocenters. The lowest BCUT2D eigenvalue weighted by molar-refractivity contribution is -0.135. The number of hydrogen-bond acceptors (Lipinski definition) is 3. The second-order valence-corrected chi connectivity index (χ2v) is 6.41. The maximum absolute atomic E-state index is 12.3. The zero-order chi connectivity index (χ0) is 16.8. The van der Waals surface area contributed by atoms with Gasteiger partial charge < -0.3 is 15.4 Å². The molecule has 1 aromatic rings. The first-order valence-electron chi connectivity index (χ1n) is 7.91. The molecule has 0 saturated carbocycles. The Labute approximate surface area is 141 Å². The molecule has 0 unspecified atom stereocenters. The van der Waals surface area contributed by atoms with Crippen LogP contribution in [0.15, 0.2) is 18.2 Å². The third-order valence-electron chi connectivity index (χ3n) is 4.24. The van der Waals surface area contributed by atoms with E-state index in [4.69, 9.17) is 22.1 Å². The zero-order valence-corrected chi connectivity index (χ0v) is 14.1. The number of hydrogen-bond donors (Lipinski definition) is 1. The summed E-state index contributed by atoms with van der Waals surface area (Å²) in [7, 11) is 0. The summed E-state index contributed by atoms with van der Waals surface area (Å²) in [6.07, 6.45) is 3.11. The number of nitrogens with two attached hydrogens (primary N) is 1. The molecule has 0 aromatic heterocycles. The summed E-state index contributed by atoms with van der Waals surface area (Å²) in [5, 5.41) is 0.624. The second kappa shape index (κ2) is 8.20. The molecule has 1 aliphatic heterocycles. The van der Waals surface area contributed by atoms with Gasteiger partial charge in [0.1, 0.15) is 5.75 Å². The quantitative estimate of drug-likeness (QED) is 0.866. The first-order chi connectivity index (χ1) is 11.0. The third-order valence-corrected chi connectivity index (χ3v) is 4.65. The van der Waals surface area contributed by atoms with Crippen LogP contribution in [0.1, 0.15) is 31.2 Å². The number of benzene rings is 1. The number of carbonyl (C=O) groups excluding carboxylic acids is 2. The lowest BCUT2D eigenvalue weighted by Crippen LogP contribution is -2.42. The first kappa shape index (κ1) is 17.6. The summed E-state index contributed by atoms with van der Waals surface area (Å²) in [6.45, 7) is 3.28. The van der Waals surface area contributed by atoms with Gasteiger partial charge in [-0.2, -0.15) is 0 Å². The van der Waals surface area contributed by atoms with Crippen LogP contribution in [-0.2, 0) is 9.59 Å². The maximum Gasteiger partial charge on any atom is 0.260 e. The summed E-state index contributed by atoms with van der Waals surface area (Å²) in [4.78, 5) is 25.0. The van der Waals surface area contributed by atoms with Gasteiger partial charge in [0.25, 0.3) is 5.91 Å². The largest absolute Gasteiger partial charge is 0.483 e. The van der Waals surface area contributed by atoms with Crippen LogP contribution in [0.5, 0.6) is 5.75 Å². The highest BCUT2D eigenvalue weighted by Gasteiger charge is 2.24. The molecule has 0 aliphatic carbocycles. The monoisotopic (exact) mass is 338 g/mol. The number of ether oxygens (including phenoxy) is 1. The van der Waals surface area contributed by atoms with E-state index < -0.39 is 0 Å². The highest BCUT2D eigenvalue weighted by Crippen LogP contribution is 2.25. The van der Waals surface area contributed by atoms with E-state index in [2.05, 4.69) is 0 Å². The number of piperidine rings is 1. The Balaban J connectivity index is 1.85. The number of rotatable bonds is 6. The van der Waals surface area contributed by atoms with Crippen LogP contribution in [0.3, 0.4) is 0 Å². The van der Waals surface area contributed by atoms with Gasteiger partial charge in [-0.1, -0.05) is 17.7 Å². The van der Waals surface area contributed by atoms with Crippen molar-refractivity contribution in [2.45, 2.75) is 32.6 Å². The van der Waals surface area contributed by atoms with Gasteiger partial charge in [0, 0.05) is 30.1 Å². The van der Waals surface area contributed by atoms with E-state index in [0.29, 0.717) is 29.7 Å². The third kappa shape index (κ3) is 5.13. The molecule has 5 nitrogen and oxygen atoms in total. The van der Waals surface area contributed by atoms with Gasteiger partial charge in [-0.05, 0) is 44.2 Å². The van der Waals surface area contributed by atoms with Crippen molar-refractivity contribution < 1.29 is 14.3 Å². The van der Waals surface area contributed by atoms with Gasteiger partial charge in [-0.3, -0.25) is 9.59 Å². The first-order valence-corrected chi connectivity index (χ1v) is 8.29. The minimum Gasteiger partial charge on any atom is -0.483 e. The highest BCUT2D eigenvalue weighted by atomic mass is 35.5. The van der Waals surface area contributed by atoms with Crippen molar-refractivity contribution in [1.82, 2.24) is 4.90 Å². The summed E-state index contributed by atoms with van der Waals surface area (Å²) < 4.78 is 5.62. The van der Waals surface area contributed by atoms with Crippen LogP contribution in [-0.4, -0.2) is 36.4 Å². The number of primary amides is 1. The SMILES string of the molecule is Cc1c(Cl)cccc1OCC(=O)N1CCC[C@H](CCC(N)=O)C1. The normalized spacial score (nSPS) is 17.8. The highest BCUT2D eigenvalue weighted by molar-refractivity contribution is 6.31. The summed E-state index contributed by atoms with van der Waals surface area (Å²) in [6, 6.07) is 5.40. The number of nitrogens with zero attached hydrogens (tertiary/aromatic N) is 1. The number of halogens is 1. The number of likely N-dealkylation sites (tertiary alicyclic amines) is 1. The fraction of sp³-hybridized carbons (Fsp3) is 0.529. The van der Waals surface area contributed by atoms with E-state index in [-0.39, 0.29) is 18.4 Å². The van der Waals surface area contributed by atoms with Crippen molar-refractivity contribution >= 4 is 23.4 Å². The number of amides is 2. The van der Waals surface area contributed by atoms with Gasteiger partial charge in [-0.15, -0.1) is 0 Å². The molecular formula is C17H23ClN2O3. The Morgan fingerprint density at radius 1 is 1.43 bits per heavy atom. The average molecular weight is 339 g/mol. The molecule has 1 saturated heterocycles. The molecule has 2 N–H and O–H groups in total. The van der Waals surface area contributed by atoms with Gasteiger partial charge >= 0.3 is 0 Å². The number of carbonyl (C=O) groups is 2. The van der Waals surface area contributed by atoms with E-state index in [1.807, 2.05) is 11.8 Å². The average Bonchev–Trinajstić information content (AvgIpc) is 2.54. The lowest BCUT2D eigenvalue weighted by atomic mass is 9.93. The van der Waals surface area contributed by atoms with Crippen LogP contribution in [0, 0.1) is 12.8 Å². The molecule has 2 rings (SSSR count). The van der Waals surface area contributed by atoms with Crippen molar-refractivity contribution in [3.63, 3.8) is 0 Å². The van der Waals surface area contributed by atoms with E-state index in [1.54, 1.807) is 18.2 Å². The molecule has 1 aliphatic rings. The van der Waals surface area contributed by atoms with Crippen LogP contribution >= 0.6 is 11.6 Å².